The van der Waals surface area contributed by atoms with Crippen LogP contribution in [0.25, 0.3) is 0 Å². The van der Waals surface area contributed by atoms with E-state index in [1.54, 1.807) is 0 Å². The van der Waals surface area contributed by atoms with Gasteiger partial charge in [-0.15, -0.1) is 0 Å². The fraction of sp³-hybridized carbons (Fsp3) is 0.929. The summed E-state index contributed by atoms with van der Waals surface area (Å²) in [5.41, 5.74) is -0.375. The predicted molar refractivity (Wildman–Crippen MR) is 67.8 cm³/mol. The first-order valence-electron chi connectivity index (χ1n) is 7.06. The Morgan fingerprint density at radius 3 is 2.65 bits per heavy atom. The minimum atomic E-state index is -0.375. The molecule has 2 unspecified atom stereocenters. The lowest BCUT2D eigenvalue weighted by Gasteiger charge is -2.31. The number of nitrogens with one attached hydrogen (secondary N) is 1. The first kappa shape index (κ1) is 12.9. The van der Waals surface area contributed by atoms with Gasteiger partial charge in [0.15, 0.2) is 0 Å². The molecule has 0 heterocycles. The third kappa shape index (κ3) is 3.01. The van der Waals surface area contributed by atoms with Crippen LogP contribution < -0.4 is 5.32 Å². The number of rotatable bonds is 4. The summed E-state index contributed by atoms with van der Waals surface area (Å²) in [6, 6.07) is 0.562. The number of methoxy groups -OCH3 is 1. The van der Waals surface area contributed by atoms with E-state index in [0.717, 1.165) is 31.6 Å². The summed E-state index contributed by atoms with van der Waals surface area (Å²) >= 11 is 0. The predicted octanol–water partition coefficient (Wildman–Crippen LogP) is 2.64. The summed E-state index contributed by atoms with van der Waals surface area (Å²) < 4.78 is 5.04. The molecule has 17 heavy (non-hydrogen) atoms. The third-order valence-electron chi connectivity index (χ3n) is 4.41. The van der Waals surface area contributed by atoms with Crippen LogP contribution in [0.3, 0.4) is 0 Å². The second kappa shape index (κ2) is 5.38. The van der Waals surface area contributed by atoms with Gasteiger partial charge in [0.05, 0.1) is 7.11 Å². The highest BCUT2D eigenvalue weighted by Crippen LogP contribution is 2.35. The fourth-order valence-electron chi connectivity index (χ4n) is 3.04. The van der Waals surface area contributed by atoms with Crippen molar-refractivity contribution in [1.82, 2.24) is 5.32 Å². The largest absolute Gasteiger partial charge is 0.468 e. The van der Waals surface area contributed by atoms with Crippen LogP contribution in [0.4, 0.5) is 0 Å². The summed E-state index contributed by atoms with van der Waals surface area (Å²) in [6.07, 6.45) is 9.15. The Morgan fingerprint density at radius 1 is 1.29 bits per heavy atom. The lowest BCUT2D eigenvalue weighted by Crippen LogP contribution is -2.53. The van der Waals surface area contributed by atoms with Crippen LogP contribution in [0.15, 0.2) is 0 Å². The molecule has 1 N–H and O–H groups in total. The highest BCUT2D eigenvalue weighted by molar-refractivity contribution is 5.80. The summed E-state index contributed by atoms with van der Waals surface area (Å²) in [4.78, 5) is 12.1. The zero-order valence-corrected chi connectivity index (χ0v) is 11.1. The maximum atomic E-state index is 12.1. The molecular weight excluding hydrogens is 214 g/mol. The molecule has 0 aliphatic heterocycles. The maximum Gasteiger partial charge on any atom is 0.326 e. The van der Waals surface area contributed by atoms with Crippen molar-refractivity contribution >= 4 is 5.97 Å². The van der Waals surface area contributed by atoms with Crippen LogP contribution in [0.1, 0.15) is 58.3 Å². The van der Waals surface area contributed by atoms with Crippen molar-refractivity contribution < 1.29 is 9.53 Å². The maximum absolute atomic E-state index is 12.1. The monoisotopic (exact) mass is 239 g/mol. The molecule has 2 aliphatic carbocycles. The van der Waals surface area contributed by atoms with Crippen molar-refractivity contribution in [3.8, 4) is 0 Å². The number of hydrogen-bond acceptors (Lipinski definition) is 3. The molecule has 0 bridgehead atoms. The topological polar surface area (TPSA) is 38.3 Å². The van der Waals surface area contributed by atoms with Gasteiger partial charge in [0.1, 0.15) is 5.54 Å². The van der Waals surface area contributed by atoms with Crippen LogP contribution in [0.2, 0.25) is 0 Å². The number of ether oxygens (including phenoxy) is 1. The van der Waals surface area contributed by atoms with Crippen molar-refractivity contribution in [2.45, 2.75) is 69.9 Å². The molecule has 3 heteroatoms. The number of esters is 1. The Hall–Kier alpha value is -0.570. The second-order valence-electron chi connectivity index (χ2n) is 5.70. The van der Waals surface area contributed by atoms with E-state index in [2.05, 4.69) is 12.2 Å². The minimum absolute atomic E-state index is 0.0406. The Labute approximate surface area is 104 Å². The van der Waals surface area contributed by atoms with Gasteiger partial charge in [-0.25, -0.2) is 0 Å². The zero-order chi connectivity index (χ0) is 12.3. The Bertz CT molecular complexity index is 275. The van der Waals surface area contributed by atoms with Crippen molar-refractivity contribution in [2.24, 2.45) is 5.92 Å². The van der Waals surface area contributed by atoms with E-state index in [9.17, 15) is 4.79 Å². The van der Waals surface area contributed by atoms with Gasteiger partial charge in [-0.2, -0.15) is 0 Å². The number of carbonyl (C=O) groups excluding carboxylic acids is 1. The standard InChI is InChI=1S/C14H25NO2/c1-3-11-5-4-9-14(10-8-11,13(16)17-2)15-12-6-7-12/h11-12,15H,3-10H2,1-2H3. The van der Waals surface area contributed by atoms with Gasteiger partial charge in [0, 0.05) is 6.04 Å². The first-order chi connectivity index (χ1) is 8.20. The van der Waals surface area contributed by atoms with E-state index in [4.69, 9.17) is 4.74 Å². The van der Waals surface area contributed by atoms with Crippen LogP contribution in [-0.2, 0) is 9.53 Å². The van der Waals surface area contributed by atoms with Crippen molar-refractivity contribution in [3.05, 3.63) is 0 Å². The SMILES string of the molecule is CCC1CCCC(NC2CC2)(C(=O)OC)CC1. The molecule has 0 aromatic carbocycles. The van der Waals surface area contributed by atoms with E-state index in [-0.39, 0.29) is 11.5 Å². The van der Waals surface area contributed by atoms with Gasteiger partial charge in [-0.05, 0) is 38.0 Å². The van der Waals surface area contributed by atoms with Crippen molar-refractivity contribution in [1.29, 1.82) is 0 Å². The fourth-order valence-corrected chi connectivity index (χ4v) is 3.04. The average Bonchev–Trinajstić information content (AvgIpc) is 3.16. The van der Waals surface area contributed by atoms with Gasteiger partial charge in [-0.1, -0.05) is 26.2 Å². The highest BCUT2D eigenvalue weighted by Gasteiger charge is 2.44. The molecule has 0 aromatic heterocycles. The molecule has 0 spiro atoms. The molecule has 2 aliphatic rings. The van der Waals surface area contributed by atoms with Gasteiger partial charge in [0.25, 0.3) is 0 Å². The lowest BCUT2D eigenvalue weighted by molar-refractivity contribution is -0.149. The Kier molecular flexibility index (Phi) is 4.08. The second-order valence-corrected chi connectivity index (χ2v) is 5.70. The van der Waals surface area contributed by atoms with Crippen molar-refractivity contribution in [2.75, 3.05) is 7.11 Å². The Morgan fingerprint density at radius 2 is 2.06 bits per heavy atom. The van der Waals surface area contributed by atoms with E-state index in [0.29, 0.717) is 6.04 Å². The molecular formula is C14H25NO2. The van der Waals surface area contributed by atoms with Gasteiger partial charge < -0.3 is 4.74 Å². The van der Waals surface area contributed by atoms with Gasteiger partial charge in [-0.3, -0.25) is 10.1 Å². The molecule has 2 rings (SSSR count). The van der Waals surface area contributed by atoms with Gasteiger partial charge >= 0.3 is 5.97 Å². The Balaban J connectivity index is 2.05. The minimum Gasteiger partial charge on any atom is -0.468 e. The molecule has 3 nitrogen and oxygen atoms in total. The molecule has 2 atom stereocenters. The van der Waals surface area contributed by atoms with Crippen LogP contribution in [0.5, 0.6) is 0 Å². The summed E-state index contributed by atoms with van der Waals surface area (Å²) in [7, 11) is 1.51. The number of carbonyl (C=O) groups is 1. The number of hydrogen-bond donors (Lipinski definition) is 1. The third-order valence-corrected chi connectivity index (χ3v) is 4.41. The smallest absolute Gasteiger partial charge is 0.326 e. The van der Waals surface area contributed by atoms with E-state index in [1.807, 2.05) is 0 Å². The highest BCUT2D eigenvalue weighted by atomic mass is 16.5. The average molecular weight is 239 g/mol. The van der Waals surface area contributed by atoms with Crippen molar-refractivity contribution in [3.63, 3.8) is 0 Å². The van der Waals surface area contributed by atoms with Gasteiger partial charge in [0.2, 0.25) is 0 Å². The van der Waals surface area contributed by atoms with E-state index >= 15 is 0 Å². The molecule has 2 fully saturated rings. The molecule has 0 aromatic rings. The zero-order valence-electron chi connectivity index (χ0n) is 11.1. The molecule has 98 valence electrons. The molecule has 0 saturated heterocycles. The summed E-state index contributed by atoms with van der Waals surface area (Å²) in [5.74, 6) is 0.753. The summed E-state index contributed by atoms with van der Waals surface area (Å²) in [6.45, 7) is 2.25. The lowest BCUT2D eigenvalue weighted by atomic mass is 9.89. The quantitative estimate of drug-likeness (QED) is 0.605. The van der Waals surface area contributed by atoms with Crippen LogP contribution in [0, 0.1) is 5.92 Å². The molecule has 0 radical (unpaired) electrons. The molecule has 0 amide bonds. The van der Waals surface area contributed by atoms with E-state index in [1.165, 1.54) is 32.8 Å². The first-order valence-corrected chi connectivity index (χ1v) is 7.06. The van der Waals surface area contributed by atoms with Crippen LogP contribution >= 0.6 is 0 Å². The van der Waals surface area contributed by atoms with E-state index < -0.39 is 0 Å². The normalized spacial score (nSPS) is 34.1. The molecule has 2 saturated carbocycles. The summed E-state index contributed by atoms with van der Waals surface area (Å²) in [5, 5.41) is 3.57. The van der Waals surface area contributed by atoms with Crippen LogP contribution in [-0.4, -0.2) is 24.7 Å².